The highest BCUT2D eigenvalue weighted by Gasteiger charge is 2.26. The van der Waals surface area contributed by atoms with Gasteiger partial charge in [-0.15, -0.1) is 5.10 Å². The average molecular weight is 348 g/mol. The summed E-state index contributed by atoms with van der Waals surface area (Å²) in [7, 11) is 0. The Morgan fingerprint density at radius 2 is 1.62 bits per heavy atom. The van der Waals surface area contributed by atoms with E-state index >= 15 is 0 Å². The number of amides is 1. The molecule has 1 fully saturated rings. The van der Waals surface area contributed by atoms with E-state index in [0.29, 0.717) is 38.5 Å². The van der Waals surface area contributed by atoms with Gasteiger partial charge in [0.05, 0.1) is 19.8 Å². The molecule has 4 rings (SSSR count). The van der Waals surface area contributed by atoms with Crippen LogP contribution in [0.2, 0.25) is 0 Å². The summed E-state index contributed by atoms with van der Waals surface area (Å²) in [5.74, 6) is -0.0912. The van der Waals surface area contributed by atoms with E-state index in [1.807, 2.05) is 60.7 Å². The number of carbonyl (C=O) groups is 1. The average Bonchev–Trinajstić information content (AvgIpc) is 3.13. The lowest BCUT2D eigenvalue weighted by molar-refractivity contribution is 0.0299. The summed E-state index contributed by atoms with van der Waals surface area (Å²) in [4.78, 5) is 14.8. The van der Waals surface area contributed by atoms with Crippen molar-refractivity contribution in [2.75, 3.05) is 26.3 Å². The first-order valence-corrected chi connectivity index (χ1v) is 8.73. The van der Waals surface area contributed by atoms with Crippen LogP contribution in [0.1, 0.15) is 16.1 Å². The molecule has 0 saturated carbocycles. The van der Waals surface area contributed by atoms with Crippen LogP contribution in [0.25, 0.3) is 11.3 Å². The standard InChI is InChI=1S/C20H20N4O2/c25-20(23-11-13-26-14-12-23)18-19(17-9-5-2-6-10-17)24(22-21-18)15-16-7-3-1-4-8-16/h1-10H,11-15H2. The molecule has 0 bridgehead atoms. The molecule has 1 saturated heterocycles. The molecule has 26 heavy (non-hydrogen) atoms. The molecule has 6 heteroatoms. The molecule has 3 aromatic rings. The zero-order valence-corrected chi connectivity index (χ0v) is 14.4. The lowest BCUT2D eigenvalue weighted by Gasteiger charge is -2.26. The molecule has 0 unspecified atom stereocenters. The van der Waals surface area contributed by atoms with Crippen LogP contribution >= 0.6 is 0 Å². The molecule has 6 nitrogen and oxygen atoms in total. The first kappa shape index (κ1) is 16.5. The third kappa shape index (κ3) is 3.36. The number of rotatable bonds is 4. The van der Waals surface area contributed by atoms with Crippen LogP contribution in [-0.4, -0.2) is 52.1 Å². The topological polar surface area (TPSA) is 60.2 Å². The molecule has 0 atom stereocenters. The van der Waals surface area contributed by atoms with Crippen LogP contribution in [0, 0.1) is 0 Å². The highest BCUT2D eigenvalue weighted by molar-refractivity contribution is 5.98. The lowest BCUT2D eigenvalue weighted by Crippen LogP contribution is -2.41. The molecule has 0 radical (unpaired) electrons. The van der Waals surface area contributed by atoms with Crippen molar-refractivity contribution in [2.45, 2.75) is 6.54 Å². The zero-order valence-electron chi connectivity index (χ0n) is 14.4. The van der Waals surface area contributed by atoms with Crippen LogP contribution in [0.5, 0.6) is 0 Å². The van der Waals surface area contributed by atoms with Crippen LogP contribution < -0.4 is 0 Å². The molecule has 132 valence electrons. The van der Waals surface area contributed by atoms with Gasteiger partial charge in [-0.2, -0.15) is 0 Å². The summed E-state index contributed by atoms with van der Waals surface area (Å²) in [6.45, 7) is 2.85. The van der Waals surface area contributed by atoms with Crippen molar-refractivity contribution in [3.05, 3.63) is 71.9 Å². The third-order valence-electron chi connectivity index (χ3n) is 4.46. The molecular formula is C20H20N4O2. The first-order valence-electron chi connectivity index (χ1n) is 8.73. The fourth-order valence-corrected chi connectivity index (χ4v) is 3.12. The summed E-state index contributed by atoms with van der Waals surface area (Å²) >= 11 is 0. The van der Waals surface area contributed by atoms with Gasteiger partial charge in [0.1, 0.15) is 5.69 Å². The monoisotopic (exact) mass is 348 g/mol. The van der Waals surface area contributed by atoms with E-state index in [-0.39, 0.29) is 5.91 Å². The Labute approximate surface area is 152 Å². The molecule has 1 aliphatic rings. The van der Waals surface area contributed by atoms with E-state index < -0.39 is 0 Å². The minimum absolute atomic E-state index is 0.0912. The number of carbonyl (C=O) groups excluding carboxylic acids is 1. The fraction of sp³-hybridized carbons (Fsp3) is 0.250. The van der Waals surface area contributed by atoms with Gasteiger partial charge in [0.2, 0.25) is 0 Å². The highest BCUT2D eigenvalue weighted by atomic mass is 16.5. The van der Waals surface area contributed by atoms with Crippen molar-refractivity contribution in [1.82, 2.24) is 19.9 Å². The molecule has 0 aliphatic carbocycles. The van der Waals surface area contributed by atoms with Gasteiger partial charge in [0.15, 0.2) is 5.69 Å². The Hall–Kier alpha value is -2.99. The van der Waals surface area contributed by atoms with Crippen LogP contribution in [-0.2, 0) is 11.3 Å². The molecule has 1 aromatic heterocycles. The van der Waals surface area contributed by atoms with Gasteiger partial charge in [0, 0.05) is 18.7 Å². The summed E-state index contributed by atoms with van der Waals surface area (Å²) in [6.07, 6.45) is 0. The summed E-state index contributed by atoms with van der Waals surface area (Å²) < 4.78 is 7.15. The maximum atomic E-state index is 13.0. The number of hydrogen-bond donors (Lipinski definition) is 0. The number of ether oxygens (including phenoxy) is 1. The highest BCUT2D eigenvalue weighted by Crippen LogP contribution is 2.24. The Balaban J connectivity index is 1.73. The second-order valence-corrected chi connectivity index (χ2v) is 6.20. The van der Waals surface area contributed by atoms with Crippen molar-refractivity contribution < 1.29 is 9.53 Å². The quantitative estimate of drug-likeness (QED) is 0.727. The number of aromatic nitrogens is 3. The largest absolute Gasteiger partial charge is 0.378 e. The normalized spacial score (nSPS) is 14.4. The van der Waals surface area contributed by atoms with E-state index in [4.69, 9.17) is 4.74 Å². The van der Waals surface area contributed by atoms with Crippen molar-refractivity contribution in [3.8, 4) is 11.3 Å². The van der Waals surface area contributed by atoms with Gasteiger partial charge in [-0.3, -0.25) is 4.79 Å². The molecule has 2 aromatic carbocycles. The van der Waals surface area contributed by atoms with Crippen molar-refractivity contribution >= 4 is 5.91 Å². The number of nitrogens with zero attached hydrogens (tertiary/aromatic N) is 4. The lowest BCUT2D eigenvalue weighted by atomic mass is 10.1. The van der Waals surface area contributed by atoms with Crippen LogP contribution in [0.3, 0.4) is 0 Å². The van der Waals surface area contributed by atoms with Crippen molar-refractivity contribution in [1.29, 1.82) is 0 Å². The van der Waals surface area contributed by atoms with Gasteiger partial charge >= 0.3 is 0 Å². The summed E-state index contributed by atoms with van der Waals surface area (Å²) in [6, 6.07) is 19.9. The third-order valence-corrected chi connectivity index (χ3v) is 4.46. The summed E-state index contributed by atoms with van der Waals surface area (Å²) in [5.41, 5.74) is 3.20. The van der Waals surface area contributed by atoms with Crippen molar-refractivity contribution in [3.63, 3.8) is 0 Å². The molecule has 0 N–H and O–H groups in total. The number of morpholine rings is 1. The molecule has 0 spiro atoms. The summed E-state index contributed by atoms with van der Waals surface area (Å²) in [5, 5.41) is 8.54. The predicted octanol–water partition coefficient (Wildman–Crippen LogP) is 2.47. The second kappa shape index (κ2) is 7.49. The van der Waals surface area contributed by atoms with E-state index in [0.717, 1.165) is 16.8 Å². The second-order valence-electron chi connectivity index (χ2n) is 6.20. The Bertz CT molecular complexity index is 871. The minimum atomic E-state index is -0.0912. The van der Waals surface area contributed by atoms with Gasteiger partial charge in [-0.05, 0) is 5.56 Å². The van der Waals surface area contributed by atoms with Crippen LogP contribution in [0.15, 0.2) is 60.7 Å². The maximum Gasteiger partial charge on any atom is 0.276 e. The van der Waals surface area contributed by atoms with E-state index in [1.165, 1.54) is 0 Å². The number of hydrogen-bond acceptors (Lipinski definition) is 4. The van der Waals surface area contributed by atoms with E-state index in [1.54, 1.807) is 9.58 Å². The van der Waals surface area contributed by atoms with E-state index in [2.05, 4.69) is 10.3 Å². The molecule has 1 amide bonds. The predicted molar refractivity (Wildman–Crippen MR) is 97.7 cm³/mol. The molecule has 2 heterocycles. The zero-order chi connectivity index (χ0) is 17.8. The van der Waals surface area contributed by atoms with Gasteiger partial charge in [-0.25, -0.2) is 4.68 Å². The smallest absolute Gasteiger partial charge is 0.276 e. The first-order chi connectivity index (χ1) is 12.8. The number of benzene rings is 2. The molecule has 1 aliphatic heterocycles. The van der Waals surface area contributed by atoms with Gasteiger partial charge in [0.25, 0.3) is 5.91 Å². The fourth-order valence-electron chi connectivity index (χ4n) is 3.12. The minimum Gasteiger partial charge on any atom is -0.378 e. The Kier molecular flexibility index (Phi) is 4.75. The van der Waals surface area contributed by atoms with Gasteiger partial charge < -0.3 is 9.64 Å². The molecular weight excluding hydrogens is 328 g/mol. The SMILES string of the molecule is O=C(c1nnn(Cc2ccccc2)c1-c1ccccc1)N1CCOCC1. The van der Waals surface area contributed by atoms with E-state index in [9.17, 15) is 4.79 Å². The van der Waals surface area contributed by atoms with Crippen molar-refractivity contribution in [2.24, 2.45) is 0 Å². The Morgan fingerprint density at radius 1 is 0.962 bits per heavy atom. The maximum absolute atomic E-state index is 13.0. The Morgan fingerprint density at radius 3 is 2.31 bits per heavy atom. The van der Waals surface area contributed by atoms with Gasteiger partial charge in [-0.1, -0.05) is 65.9 Å². The van der Waals surface area contributed by atoms with Crippen LogP contribution in [0.4, 0.5) is 0 Å².